The SMILES string of the molecule is CCCCCC(=O)Oc1ccc(OC2CCCCCN2)cc1C. The predicted molar refractivity (Wildman–Crippen MR) is 91.8 cm³/mol. The molecule has 0 aliphatic carbocycles. The molecule has 1 N–H and O–H groups in total. The van der Waals surface area contributed by atoms with Gasteiger partial charge in [-0.3, -0.25) is 10.1 Å². The first-order valence-corrected chi connectivity index (χ1v) is 8.90. The molecule has 0 aromatic heterocycles. The minimum Gasteiger partial charge on any atom is -0.475 e. The van der Waals surface area contributed by atoms with Gasteiger partial charge in [0, 0.05) is 6.42 Å². The molecule has 1 aliphatic rings. The molecule has 0 bridgehead atoms. The van der Waals surface area contributed by atoms with Gasteiger partial charge in [-0.2, -0.15) is 0 Å². The van der Waals surface area contributed by atoms with Crippen LogP contribution in [0.25, 0.3) is 0 Å². The number of benzene rings is 1. The maximum atomic E-state index is 11.8. The number of unbranched alkanes of at least 4 members (excludes halogenated alkanes) is 2. The third-order valence-electron chi connectivity index (χ3n) is 4.15. The second-order valence-electron chi connectivity index (χ2n) is 6.27. The van der Waals surface area contributed by atoms with Crippen molar-refractivity contribution in [2.45, 2.75) is 71.4 Å². The van der Waals surface area contributed by atoms with E-state index in [0.717, 1.165) is 43.5 Å². The minimum atomic E-state index is -0.152. The van der Waals surface area contributed by atoms with Gasteiger partial charge in [0.25, 0.3) is 0 Å². The van der Waals surface area contributed by atoms with Gasteiger partial charge in [-0.05, 0) is 62.9 Å². The van der Waals surface area contributed by atoms with Crippen molar-refractivity contribution in [2.24, 2.45) is 0 Å². The molecule has 0 saturated carbocycles. The van der Waals surface area contributed by atoms with Crippen molar-refractivity contribution in [1.29, 1.82) is 0 Å². The van der Waals surface area contributed by atoms with E-state index in [1.54, 1.807) is 0 Å². The number of hydrogen-bond donors (Lipinski definition) is 1. The van der Waals surface area contributed by atoms with Gasteiger partial charge in [-0.25, -0.2) is 0 Å². The monoisotopic (exact) mass is 319 g/mol. The Kier molecular flexibility index (Phi) is 7.40. The summed E-state index contributed by atoms with van der Waals surface area (Å²) in [4.78, 5) is 11.8. The van der Waals surface area contributed by atoms with Crippen LogP contribution in [0.2, 0.25) is 0 Å². The molecule has 0 spiro atoms. The van der Waals surface area contributed by atoms with Crippen molar-refractivity contribution in [3.8, 4) is 11.5 Å². The van der Waals surface area contributed by atoms with Crippen LogP contribution in [-0.2, 0) is 4.79 Å². The fourth-order valence-electron chi connectivity index (χ4n) is 2.76. The van der Waals surface area contributed by atoms with E-state index in [1.807, 2.05) is 25.1 Å². The zero-order chi connectivity index (χ0) is 16.5. The van der Waals surface area contributed by atoms with E-state index in [9.17, 15) is 4.79 Å². The molecule has 23 heavy (non-hydrogen) atoms. The lowest BCUT2D eigenvalue weighted by molar-refractivity contribution is -0.134. The van der Waals surface area contributed by atoms with Crippen molar-refractivity contribution in [2.75, 3.05) is 6.54 Å². The zero-order valence-corrected chi connectivity index (χ0v) is 14.4. The molecule has 0 radical (unpaired) electrons. The third kappa shape index (κ3) is 6.22. The first-order valence-electron chi connectivity index (χ1n) is 8.90. The van der Waals surface area contributed by atoms with Crippen LogP contribution in [0.3, 0.4) is 0 Å². The third-order valence-corrected chi connectivity index (χ3v) is 4.15. The van der Waals surface area contributed by atoms with Crippen LogP contribution in [0.5, 0.6) is 11.5 Å². The molecule has 128 valence electrons. The highest BCUT2D eigenvalue weighted by Gasteiger charge is 2.14. The van der Waals surface area contributed by atoms with Crippen LogP contribution in [0.15, 0.2) is 18.2 Å². The molecule has 4 nitrogen and oxygen atoms in total. The lowest BCUT2D eigenvalue weighted by Crippen LogP contribution is -2.33. The van der Waals surface area contributed by atoms with Crippen molar-refractivity contribution in [1.82, 2.24) is 5.32 Å². The van der Waals surface area contributed by atoms with Crippen LogP contribution < -0.4 is 14.8 Å². The predicted octanol–water partition coefficient (Wildman–Crippen LogP) is 4.35. The van der Waals surface area contributed by atoms with Gasteiger partial charge in [0.1, 0.15) is 17.7 Å². The highest BCUT2D eigenvalue weighted by Crippen LogP contribution is 2.25. The Hall–Kier alpha value is -1.55. The molecule has 1 heterocycles. The average Bonchev–Trinajstić information content (AvgIpc) is 2.79. The van der Waals surface area contributed by atoms with E-state index in [0.29, 0.717) is 12.2 Å². The number of carbonyl (C=O) groups excluding carboxylic acids is 1. The number of carbonyl (C=O) groups is 1. The topological polar surface area (TPSA) is 47.6 Å². The fraction of sp³-hybridized carbons (Fsp3) is 0.632. The van der Waals surface area contributed by atoms with Gasteiger partial charge in [-0.1, -0.05) is 26.2 Å². The van der Waals surface area contributed by atoms with E-state index in [2.05, 4.69) is 12.2 Å². The Balaban J connectivity index is 1.88. The van der Waals surface area contributed by atoms with E-state index < -0.39 is 0 Å². The molecule has 1 unspecified atom stereocenters. The first kappa shape index (κ1) is 17.8. The number of esters is 1. The summed E-state index contributed by atoms with van der Waals surface area (Å²) in [5.74, 6) is 1.31. The summed E-state index contributed by atoms with van der Waals surface area (Å²) in [6.07, 6.45) is 8.34. The molecule has 2 rings (SSSR count). The second-order valence-corrected chi connectivity index (χ2v) is 6.27. The van der Waals surface area contributed by atoms with E-state index in [-0.39, 0.29) is 12.2 Å². The Morgan fingerprint density at radius 1 is 1.26 bits per heavy atom. The van der Waals surface area contributed by atoms with Crippen molar-refractivity contribution < 1.29 is 14.3 Å². The highest BCUT2D eigenvalue weighted by molar-refractivity contribution is 5.72. The van der Waals surface area contributed by atoms with Crippen LogP contribution in [0.4, 0.5) is 0 Å². The van der Waals surface area contributed by atoms with Gasteiger partial charge >= 0.3 is 5.97 Å². The largest absolute Gasteiger partial charge is 0.475 e. The fourth-order valence-corrected chi connectivity index (χ4v) is 2.76. The minimum absolute atomic E-state index is 0.0827. The molecule has 1 atom stereocenters. The summed E-state index contributed by atoms with van der Waals surface area (Å²) in [6, 6.07) is 5.66. The molecule has 0 amide bonds. The standard InChI is InChI=1S/C19H29NO3/c1-3-4-6-10-19(21)23-17-12-11-16(14-15(17)2)22-18-9-7-5-8-13-20-18/h11-12,14,18,20H,3-10,13H2,1-2H3. The van der Waals surface area contributed by atoms with E-state index >= 15 is 0 Å². The first-order chi connectivity index (χ1) is 11.2. The molecule has 1 saturated heterocycles. The van der Waals surface area contributed by atoms with Crippen LogP contribution in [-0.4, -0.2) is 18.7 Å². The van der Waals surface area contributed by atoms with Gasteiger partial charge in [-0.15, -0.1) is 0 Å². The smallest absolute Gasteiger partial charge is 0.311 e. The summed E-state index contributed by atoms with van der Waals surface area (Å²) in [5.41, 5.74) is 0.931. The summed E-state index contributed by atoms with van der Waals surface area (Å²) in [7, 11) is 0. The molecule has 1 aromatic carbocycles. The van der Waals surface area contributed by atoms with Crippen molar-refractivity contribution in [3.05, 3.63) is 23.8 Å². The quantitative estimate of drug-likeness (QED) is 0.461. The molecule has 1 aliphatic heterocycles. The Bertz CT molecular complexity index is 493. The van der Waals surface area contributed by atoms with E-state index in [4.69, 9.17) is 9.47 Å². The average molecular weight is 319 g/mol. The Morgan fingerprint density at radius 3 is 2.91 bits per heavy atom. The van der Waals surface area contributed by atoms with Gasteiger partial charge in [0.2, 0.25) is 0 Å². The van der Waals surface area contributed by atoms with Gasteiger partial charge in [0.15, 0.2) is 0 Å². The van der Waals surface area contributed by atoms with Crippen LogP contribution in [0, 0.1) is 6.92 Å². The molecule has 1 fully saturated rings. The number of ether oxygens (including phenoxy) is 2. The van der Waals surface area contributed by atoms with Gasteiger partial charge in [0.05, 0.1) is 0 Å². The summed E-state index contributed by atoms with van der Waals surface area (Å²) >= 11 is 0. The maximum absolute atomic E-state index is 11.8. The zero-order valence-electron chi connectivity index (χ0n) is 14.4. The normalized spacial score (nSPS) is 18.3. The van der Waals surface area contributed by atoms with E-state index in [1.165, 1.54) is 19.3 Å². The second kappa shape index (κ2) is 9.56. The maximum Gasteiger partial charge on any atom is 0.311 e. The molecular formula is C19H29NO3. The Labute approximate surface area is 139 Å². The van der Waals surface area contributed by atoms with Gasteiger partial charge < -0.3 is 9.47 Å². The van der Waals surface area contributed by atoms with Crippen molar-refractivity contribution in [3.63, 3.8) is 0 Å². The number of rotatable bonds is 7. The molecule has 1 aromatic rings. The van der Waals surface area contributed by atoms with Crippen LogP contribution in [0.1, 0.15) is 63.9 Å². The number of hydrogen-bond acceptors (Lipinski definition) is 4. The summed E-state index contributed by atoms with van der Waals surface area (Å²) in [5, 5.41) is 3.42. The lowest BCUT2D eigenvalue weighted by atomic mass is 10.2. The number of nitrogens with one attached hydrogen (secondary N) is 1. The highest BCUT2D eigenvalue weighted by atomic mass is 16.5. The number of aryl methyl sites for hydroxylation is 1. The van der Waals surface area contributed by atoms with Crippen molar-refractivity contribution >= 4 is 5.97 Å². The lowest BCUT2D eigenvalue weighted by Gasteiger charge is -2.19. The summed E-state index contributed by atoms with van der Waals surface area (Å²) in [6.45, 7) is 5.08. The molecular weight excluding hydrogens is 290 g/mol. The van der Waals surface area contributed by atoms with Crippen LogP contribution >= 0.6 is 0 Å². The molecule has 4 heteroatoms. The summed E-state index contributed by atoms with van der Waals surface area (Å²) < 4.78 is 11.5. The Morgan fingerprint density at radius 2 is 2.13 bits per heavy atom.